The van der Waals surface area contributed by atoms with Crippen LogP contribution in [0.15, 0.2) is 47.5 Å². The summed E-state index contributed by atoms with van der Waals surface area (Å²) in [5, 5.41) is 12.5. The standard InChI is InChI=1S/C27H32ClN5O2/c1-16-31-32-24-23(30-25(34)27(5,6)15-26(2,3)4)29-22(17-8-10-18(28)11-9-17)20-14-19(35-7)12-13-21(20)33(16)24/h8-14,23H,15H2,1-7H3,(H,30,34). The Balaban J connectivity index is 1.88. The molecule has 1 aliphatic heterocycles. The number of rotatable bonds is 5. The van der Waals surface area contributed by atoms with Gasteiger partial charge in [0.1, 0.15) is 11.6 Å². The number of nitrogens with zero attached hydrogens (tertiary/aromatic N) is 4. The van der Waals surface area contributed by atoms with Crippen molar-refractivity contribution in [2.45, 2.75) is 54.1 Å². The zero-order valence-electron chi connectivity index (χ0n) is 21.3. The van der Waals surface area contributed by atoms with Gasteiger partial charge >= 0.3 is 0 Å². The van der Waals surface area contributed by atoms with Gasteiger partial charge in [0.15, 0.2) is 12.0 Å². The second-order valence-electron chi connectivity index (χ2n) is 10.8. The third-order valence-electron chi connectivity index (χ3n) is 6.02. The quantitative estimate of drug-likeness (QED) is 0.496. The van der Waals surface area contributed by atoms with Crippen LogP contribution in [0.2, 0.25) is 5.02 Å². The largest absolute Gasteiger partial charge is 0.497 e. The topological polar surface area (TPSA) is 81.4 Å². The van der Waals surface area contributed by atoms with Crippen LogP contribution in [0.25, 0.3) is 5.69 Å². The molecular weight excluding hydrogens is 462 g/mol. The molecule has 0 spiro atoms. The van der Waals surface area contributed by atoms with E-state index >= 15 is 0 Å². The SMILES string of the molecule is COc1ccc2c(c1)C(c1ccc(Cl)cc1)=NC(NC(=O)C(C)(C)CC(C)(C)C)c1nnc(C)n1-2. The first kappa shape index (κ1) is 24.9. The molecule has 1 N–H and O–H groups in total. The Morgan fingerprint density at radius 2 is 1.77 bits per heavy atom. The van der Waals surface area contributed by atoms with Gasteiger partial charge in [-0.25, -0.2) is 0 Å². The Hall–Kier alpha value is -3.19. The molecule has 2 aromatic carbocycles. The molecule has 1 amide bonds. The Labute approximate surface area is 211 Å². The molecule has 0 fully saturated rings. The minimum absolute atomic E-state index is 0.00850. The molecule has 4 rings (SSSR count). The van der Waals surface area contributed by atoms with E-state index in [2.05, 4.69) is 36.3 Å². The fraction of sp³-hybridized carbons (Fsp3) is 0.407. The second kappa shape index (κ2) is 9.11. The predicted octanol–water partition coefficient (Wildman–Crippen LogP) is 5.67. The Bertz CT molecular complexity index is 1290. The molecule has 8 heteroatoms. The van der Waals surface area contributed by atoms with Crippen LogP contribution in [0, 0.1) is 17.8 Å². The maximum atomic E-state index is 13.5. The summed E-state index contributed by atoms with van der Waals surface area (Å²) in [5.74, 6) is 1.86. The third-order valence-corrected chi connectivity index (χ3v) is 6.28. The number of hydrogen-bond donors (Lipinski definition) is 1. The van der Waals surface area contributed by atoms with Crippen molar-refractivity contribution in [1.82, 2.24) is 20.1 Å². The van der Waals surface area contributed by atoms with Crippen molar-refractivity contribution in [3.8, 4) is 11.4 Å². The van der Waals surface area contributed by atoms with Crippen LogP contribution in [-0.4, -0.2) is 33.5 Å². The maximum absolute atomic E-state index is 13.5. The number of benzene rings is 2. The van der Waals surface area contributed by atoms with Gasteiger partial charge in [0.05, 0.1) is 18.5 Å². The van der Waals surface area contributed by atoms with Crippen LogP contribution in [0.3, 0.4) is 0 Å². The molecule has 7 nitrogen and oxygen atoms in total. The van der Waals surface area contributed by atoms with E-state index in [0.29, 0.717) is 28.1 Å². The summed E-state index contributed by atoms with van der Waals surface area (Å²) in [7, 11) is 1.63. The van der Waals surface area contributed by atoms with E-state index in [1.165, 1.54) is 0 Å². The molecule has 2 heterocycles. The summed E-state index contributed by atoms with van der Waals surface area (Å²) in [5.41, 5.74) is 2.68. The van der Waals surface area contributed by atoms with Crippen LogP contribution >= 0.6 is 11.6 Å². The molecule has 1 aliphatic rings. The van der Waals surface area contributed by atoms with E-state index in [0.717, 1.165) is 23.2 Å². The lowest BCUT2D eigenvalue weighted by atomic mass is 9.75. The lowest BCUT2D eigenvalue weighted by Crippen LogP contribution is -2.41. The highest BCUT2D eigenvalue weighted by atomic mass is 35.5. The average molecular weight is 494 g/mol. The molecule has 1 atom stereocenters. The predicted molar refractivity (Wildman–Crippen MR) is 138 cm³/mol. The summed E-state index contributed by atoms with van der Waals surface area (Å²) in [6.45, 7) is 12.2. The van der Waals surface area contributed by atoms with Crippen molar-refractivity contribution < 1.29 is 9.53 Å². The average Bonchev–Trinajstić information content (AvgIpc) is 3.10. The number of carbonyl (C=O) groups is 1. The first-order chi connectivity index (χ1) is 16.4. The fourth-order valence-electron chi connectivity index (χ4n) is 4.80. The van der Waals surface area contributed by atoms with Crippen LogP contribution in [-0.2, 0) is 4.79 Å². The van der Waals surface area contributed by atoms with E-state index < -0.39 is 11.6 Å². The zero-order chi connectivity index (χ0) is 25.5. The summed E-state index contributed by atoms with van der Waals surface area (Å²) in [4.78, 5) is 18.6. The van der Waals surface area contributed by atoms with E-state index in [4.69, 9.17) is 21.3 Å². The fourth-order valence-corrected chi connectivity index (χ4v) is 4.92. The summed E-state index contributed by atoms with van der Waals surface area (Å²) in [6, 6.07) is 13.3. The number of aliphatic imine (C=N–C) groups is 1. The molecule has 0 radical (unpaired) electrons. The van der Waals surface area contributed by atoms with Crippen molar-refractivity contribution in [3.05, 3.63) is 70.3 Å². The molecule has 1 unspecified atom stereocenters. The van der Waals surface area contributed by atoms with Crippen LogP contribution in [0.5, 0.6) is 5.75 Å². The third kappa shape index (κ3) is 5.10. The number of ether oxygens (including phenoxy) is 1. The number of methoxy groups -OCH3 is 1. The molecule has 0 saturated carbocycles. The smallest absolute Gasteiger partial charge is 0.227 e. The van der Waals surface area contributed by atoms with Gasteiger partial charge in [-0.2, -0.15) is 0 Å². The number of fused-ring (bicyclic) bond motifs is 3. The first-order valence-electron chi connectivity index (χ1n) is 11.6. The van der Waals surface area contributed by atoms with E-state index in [1.807, 2.05) is 67.8 Å². The lowest BCUT2D eigenvalue weighted by molar-refractivity contribution is -0.131. The molecule has 1 aromatic heterocycles. The molecule has 0 bridgehead atoms. The second-order valence-corrected chi connectivity index (χ2v) is 11.2. The first-order valence-corrected chi connectivity index (χ1v) is 12.0. The highest BCUT2D eigenvalue weighted by molar-refractivity contribution is 6.30. The number of hydrogen-bond acceptors (Lipinski definition) is 5. The van der Waals surface area contributed by atoms with Gasteiger partial charge in [0.25, 0.3) is 0 Å². The number of aromatic nitrogens is 3. The zero-order valence-corrected chi connectivity index (χ0v) is 22.1. The molecular formula is C27H32ClN5O2. The Kier molecular flexibility index (Phi) is 6.49. The highest BCUT2D eigenvalue weighted by Crippen LogP contribution is 2.36. The number of halogens is 1. The summed E-state index contributed by atoms with van der Waals surface area (Å²) >= 11 is 6.17. The minimum atomic E-state index is -0.730. The lowest BCUT2D eigenvalue weighted by Gasteiger charge is -2.32. The van der Waals surface area contributed by atoms with Gasteiger partial charge in [0.2, 0.25) is 5.91 Å². The van der Waals surface area contributed by atoms with E-state index in [1.54, 1.807) is 7.11 Å². The van der Waals surface area contributed by atoms with Gasteiger partial charge in [-0.05, 0) is 49.1 Å². The summed E-state index contributed by atoms with van der Waals surface area (Å²) in [6.07, 6.45) is -0.0119. The van der Waals surface area contributed by atoms with Crippen molar-refractivity contribution in [2.24, 2.45) is 15.8 Å². The van der Waals surface area contributed by atoms with E-state index in [9.17, 15) is 4.79 Å². The maximum Gasteiger partial charge on any atom is 0.227 e. The Morgan fingerprint density at radius 3 is 2.40 bits per heavy atom. The van der Waals surface area contributed by atoms with Crippen molar-refractivity contribution in [2.75, 3.05) is 7.11 Å². The molecule has 35 heavy (non-hydrogen) atoms. The molecule has 0 saturated heterocycles. The highest BCUT2D eigenvalue weighted by Gasteiger charge is 2.36. The molecule has 0 aliphatic carbocycles. The van der Waals surface area contributed by atoms with Gasteiger partial charge in [-0.1, -0.05) is 58.4 Å². The van der Waals surface area contributed by atoms with Crippen molar-refractivity contribution in [1.29, 1.82) is 0 Å². The Morgan fingerprint density at radius 1 is 1.09 bits per heavy atom. The number of aryl methyl sites for hydroxylation is 1. The van der Waals surface area contributed by atoms with Gasteiger partial charge in [-0.15, -0.1) is 10.2 Å². The normalized spacial score (nSPS) is 15.5. The van der Waals surface area contributed by atoms with Gasteiger partial charge < -0.3 is 10.1 Å². The number of amides is 1. The van der Waals surface area contributed by atoms with Gasteiger partial charge in [0, 0.05) is 21.6 Å². The monoisotopic (exact) mass is 493 g/mol. The summed E-state index contributed by atoms with van der Waals surface area (Å²) < 4.78 is 7.47. The van der Waals surface area contributed by atoms with Crippen LogP contribution < -0.4 is 10.1 Å². The molecule has 3 aromatic rings. The molecule has 184 valence electrons. The van der Waals surface area contributed by atoms with Crippen molar-refractivity contribution in [3.63, 3.8) is 0 Å². The van der Waals surface area contributed by atoms with E-state index in [-0.39, 0.29) is 11.3 Å². The number of carbonyl (C=O) groups excluding carboxylic acids is 1. The van der Waals surface area contributed by atoms with Crippen molar-refractivity contribution >= 4 is 23.2 Å². The minimum Gasteiger partial charge on any atom is -0.497 e. The van der Waals surface area contributed by atoms with Crippen LogP contribution in [0.4, 0.5) is 0 Å². The van der Waals surface area contributed by atoms with Crippen LogP contribution in [0.1, 0.15) is 70.0 Å². The van der Waals surface area contributed by atoms with Gasteiger partial charge in [-0.3, -0.25) is 14.4 Å². The number of nitrogens with one attached hydrogen (secondary N) is 1.